The van der Waals surface area contributed by atoms with E-state index < -0.39 is 9.84 Å². The van der Waals surface area contributed by atoms with Crippen molar-refractivity contribution in [1.82, 2.24) is 0 Å². The van der Waals surface area contributed by atoms with Gasteiger partial charge in [-0.2, -0.15) is 0 Å². The minimum atomic E-state index is -3.25. The Hall–Kier alpha value is -2.34. The second-order valence-corrected chi connectivity index (χ2v) is 8.06. The number of hydrogen-bond acceptors (Lipinski definition) is 3. The molecule has 24 heavy (non-hydrogen) atoms. The van der Waals surface area contributed by atoms with Gasteiger partial charge in [0.1, 0.15) is 0 Å². The topological polar surface area (TPSA) is 84.5 Å². The van der Waals surface area contributed by atoms with E-state index in [9.17, 15) is 8.42 Å². The summed E-state index contributed by atoms with van der Waals surface area (Å²) in [6.45, 7) is 6.13. The van der Waals surface area contributed by atoms with Crippen molar-refractivity contribution < 1.29 is 8.42 Å². The highest BCUT2D eigenvalue weighted by atomic mass is 32.2. The Bertz CT molecular complexity index is 867. The van der Waals surface area contributed by atoms with Crippen LogP contribution in [0.5, 0.6) is 0 Å². The lowest BCUT2D eigenvalue weighted by atomic mass is 10.1. The SMILES string of the molecule is Cc1cc(C)cc(NC(N)=NCc2ccc(C)c(S(C)(=O)=O)c2)c1. The summed E-state index contributed by atoms with van der Waals surface area (Å²) in [5.74, 6) is 0.293. The van der Waals surface area contributed by atoms with Crippen LogP contribution in [0.25, 0.3) is 0 Å². The van der Waals surface area contributed by atoms with Crippen molar-refractivity contribution in [3.05, 3.63) is 58.7 Å². The quantitative estimate of drug-likeness (QED) is 0.659. The average molecular weight is 345 g/mol. The van der Waals surface area contributed by atoms with Crippen LogP contribution in [0, 0.1) is 20.8 Å². The molecule has 0 saturated carbocycles. The molecule has 0 aliphatic carbocycles. The minimum absolute atomic E-state index is 0.293. The Morgan fingerprint density at radius 1 is 1.08 bits per heavy atom. The molecule has 0 amide bonds. The maximum Gasteiger partial charge on any atom is 0.193 e. The second-order valence-electron chi connectivity index (χ2n) is 6.07. The largest absolute Gasteiger partial charge is 0.370 e. The molecule has 0 aliphatic heterocycles. The third-order valence-electron chi connectivity index (χ3n) is 3.58. The Balaban J connectivity index is 2.15. The van der Waals surface area contributed by atoms with E-state index in [0.29, 0.717) is 17.4 Å². The number of nitrogens with one attached hydrogen (secondary N) is 1. The van der Waals surface area contributed by atoms with Crippen LogP contribution in [0.2, 0.25) is 0 Å². The van der Waals surface area contributed by atoms with Crippen LogP contribution in [-0.4, -0.2) is 20.6 Å². The van der Waals surface area contributed by atoms with Crippen molar-refractivity contribution in [3.8, 4) is 0 Å². The third-order valence-corrected chi connectivity index (χ3v) is 4.82. The number of sulfone groups is 1. The lowest BCUT2D eigenvalue weighted by molar-refractivity contribution is 0.601. The van der Waals surface area contributed by atoms with E-state index in [4.69, 9.17) is 5.73 Å². The third kappa shape index (κ3) is 4.83. The predicted molar refractivity (Wildman–Crippen MR) is 99.2 cm³/mol. The van der Waals surface area contributed by atoms with Gasteiger partial charge in [0, 0.05) is 11.9 Å². The number of aryl methyl sites for hydroxylation is 3. The molecule has 0 bridgehead atoms. The maximum absolute atomic E-state index is 11.8. The highest BCUT2D eigenvalue weighted by Crippen LogP contribution is 2.18. The summed E-state index contributed by atoms with van der Waals surface area (Å²) in [4.78, 5) is 4.62. The van der Waals surface area contributed by atoms with Gasteiger partial charge >= 0.3 is 0 Å². The molecule has 2 aromatic rings. The fourth-order valence-electron chi connectivity index (χ4n) is 2.55. The van der Waals surface area contributed by atoms with Gasteiger partial charge in [-0.25, -0.2) is 13.4 Å². The number of anilines is 1. The molecule has 0 atom stereocenters. The van der Waals surface area contributed by atoms with Gasteiger partial charge in [0.2, 0.25) is 0 Å². The van der Waals surface area contributed by atoms with E-state index in [-0.39, 0.29) is 0 Å². The van der Waals surface area contributed by atoms with E-state index in [1.54, 1.807) is 19.1 Å². The van der Waals surface area contributed by atoms with E-state index >= 15 is 0 Å². The molecule has 0 aliphatic rings. The zero-order valence-corrected chi connectivity index (χ0v) is 15.2. The number of aliphatic imine (C=N–C) groups is 1. The van der Waals surface area contributed by atoms with Gasteiger partial charge in [0.05, 0.1) is 11.4 Å². The highest BCUT2D eigenvalue weighted by molar-refractivity contribution is 7.90. The fourth-order valence-corrected chi connectivity index (χ4v) is 3.57. The molecule has 0 unspecified atom stereocenters. The van der Waals surface area contributed by atoms with Crippen LogP contribution in [-0.2, 0) is 16.4 Å². The summed E-state index contributed by atoms with van der Waals surface area (Å²) in [6.07, 6.45) is 1.21. The Labute approximate surface area is 143 Å². The summed E-state index contributed by atoms with van der Waals surface area (Å²) in [6, 6.07) is 11.4. The number of hydrogen-bond donors (Lipinski definition) is 2. The lowest BCUT2D eigenvalue weighted by Gasteiger charge is -2.09. The van der Waals surface area contributed by atoms with Crippen molar-refractivity contribution in [3.63, 3.8) is 0 Å². The summed E-state index contributed by atoms with van der Waals surface area (Å²) in [7, 11) is -3.25. The van der Waals surface area contributed by atoms with E-state index in [2.05, 4.69) is 16.4 Å². The first-order valence-corrected chi connectivity index (χ1v) is 9.49. The van der Waals surface area contributed by atoms with Gasteiger partial charge in [-0.05, 0) is 61.2 Å². The molecule has 2 aromatic carbocycles. The molecule has 6 heteroatoms. The Morgan fingerprint density at radius 3 is 2.29 bits per heavy atom. The molecule has 0 aromatic heterocycles. The fraction of sp³-hybridized carbons (Fsp3) is 0.278. The van der Waals surface area contributed by atoms with Crippen LogP contribution in [0.15, 0.2) is 46.3 Å². The normalized spacial score (nSPS) is 12.2. The smallest absolute Gasteiger partial charge is 0.193 e. The van der Waals surface area contributed by atoms with Gasteiger partial charge in [-0.3, -0.25) is 0 Å². The molecule has 5 nitrogen and oxygen atoms in total. The van der Waals surface area contributed by atoms with Crippen LogP contribution in [0.3, 0.4) is 0 Å². The van der Waals surface area contributed by atoms with Crippen LogP contribution < -0.4 is 11.1 Å². The standard InChI is InChI=1S/C18H23N3O2S/c1-12-7-13(2)9-16(8-12)21-18(19)20-11-15-6-5-14(3)17(10-15)24(4,22)23/h5-10H,11H2,1-4H3,(H3,19,20,21). The average Bonchev–Trinajstić information content (AvgIpc) is 2.44. The zero-order chi connectivity index (χ0) is 17.9. The van der Waals surface area contributed by atoms with Gasteiger partial charge in [0.25, 0.3) is 0 Å². The first-order chi connectivity index (χ1) is 11.1. The van der Waals surface area contributed by atoms with E-state index in [0.717, 1.165) is 27.9 Å². The molecule has 0 spiro atoms. The number of nitrogens with zero attached hydrogens (tertiary/aromatic N) is 1. The molecule has 128 valence electrons. The first kappa shape index (κ1) is 18.0. The summed E-state index contributed by atoms with van der Waals surface area (Å²) in [5.41, 5.74) is 10.6. The van der Waals surface area contributed by atoms with Crippen molar-refractivity contribution in [2.45, 2.75) is 32.2 Å². The minimum Gasteiger partial charge on any atom is -0.370 e. The van der Waals surface area contributed by atoms with Crippen molar-refractivity contribution in [2.24, 2.45) is 10.7 Å². The molecule has 0 heterocycles. The zero-order valence-electron chi connectivity index (χ0n) is 14.4. The molecule has 0 fully saturated rings. The van der Waals surface area contributed by atoms with Gasteiger partial charge < -0.3 is 11.1 Å². The number of guanidine groups is 1. The first-order valence-electron chi connectivity index (χ1n) is 7.60. The maximum atomic E-state index is 11.8. The Kier molecular flexibility index (Phi) is 5.29. The highest BCUT2D eigenvalue weighted by Gasteiger charge is 2.11. The summed E-state index contributed by atoms with van der Waals surface area (Å²) < 4.78 is 23.6. The number of benzene rings is 2. The van der Waals surface area contributed by atoms with E-state index in [1.807, 2.05) is 32.0 Å². The lowest BCUT2D eigenvalue weighted by Crippen LogP contribution is -2.22. The number of rotatable bonds is 4. The van der Waals surface area contributed by atoms with Gasteiger partial charge in [-0.15, -0.1) is 0 Å². The molecular formula is C18H23N3O2S. The van der Waals surface area contributed by atoms with Crippen LogP contribution in [0.1, 0.15) is 22.3 Å². The van der Waals surface area contributed by atoms with Gasteiger partial charge in [-0.1, -0.05) is 18.2 Å². The summed E-state index contributed by atoms with van der Waals surface area (Å²) in [5, 5.41) is 3.06. The molecule has 0 saturated heterocycles. The number of nitrogens with two attached hydrogens (primary N) is 1. The van der Waals surface area contributed by atoms with Crippen LogP contribution in [0.4, 0.5) is 5.69 Å². The van der Waals surface area contributed by atoms with E-state index in [1.165, 1.54) is 6.26 Å². The molecule has 2 rings (SSSR count). The predicted octanol–water partition coefficient (Wildman–Crippen LogP) is 2.94. The molecule has 0 radical (unpaired) electrons. The monoisotopic (exact) mass is 345 g/mol. The van der Waals surface area contributed by atoms with Crippen molar-refractivity contribution >= 4 is 21.5 Å². The summed E-state index contributed by atoms with van der Waals surface area (Å²) >= 11 is 0. The van der Waals surface area contributed by atoms with Crippen molar-refractivity contribution in [2.75, 3.05) is 11.6 Å². The molecule has 3 N–H and O–H groups in total. The molecular weight excluding hydrogens is 322 g/mol. The van der Waals surface area contributed by atoms with Crippen LogP contribution >= 0.6 is 0 Å². The second kappa shape index (κ2) is 7.05. The Morgan fingerprint density at radius 2 is 1.71 bits per heavy atom. The van der Waals surface area contributed by atoms with Gasteiger partial charge in [0.15, 0.2) is 15.8 Å². The van der Waals surface area contributed by atoms with Crippen molar-refractivity contribution in [1.29, 1.82) is 0 Å².